The van der Waals surface area contributed by atoms with E-state index in [0.29, 0.717) is 6.61 Å². The van der Waals surface area contributed by atoms with E-state index in [4.69, 9.17) is 4.74 Å². The van der Waals surface area contributed by atoms with Gasteiger partial charge in [0.1, 0.15) is 5.75 Å². The van der Waals surface area contributed by atoms with E-state index in [0.717, 1.165) is 22.2 Å². The number of hydrogen-bond donors (Lipinski definition) is 0. The Balaban J connectivity index is 2.05. The Hall–Kier alpha value is -1.72. The molecule has 0 fully saturated rings. The summed E-state index contributed by atoms with van der Waals surface area (Å²) in [6, 6.07) is 17.8. The third-order valence-corrected chi connectivity index (χ3v) is 2.65. The van der Waals surface area contributed by atoms with E-state index in [1.165, 1.54) is 0 Å². The zero-order valence-corrected chi connectivity index (χ0v) is 11.5. The smallest absolute Gasteiger partial charge is 0.119 e. The van der Waals surface area contributed by atoms with Crippen LogP contribution in [-0.2, 0) is 0 Å². The lowest BCUT2D eigenvalue weighted by Crippen LogP contribution is -1.97. The molecule has 0 spiro atoms. The summed E-state index contributed by atoms with van der Waals surface area (Å²) >= 11 is 3.32. The number of alkyl halides is 1. The van der Waals surface area contributed by atoms with Gasteiger partial charge in [-0.25, -0.2) is 0 Å². The molecule has 0 aliphatic carbocycles. The first-order valence-electron chi connectivity index (χ1n) is 5.74. The summed E-state index contributed by atoms with van der Waals surface area (Å²) in [4.78, 5) is 0. The monoisotopic (exact) mass is 300 g/mol. The van der Waals surface area contributed by atoms with Crippen molar-refractivity contribution in [3.05, 3.63) is 65.7 Å². The highest BCUT2D eigenvalue weighted by Gasteiger charge is 1.92. The summed E-state index contributed by atoms with van der Waals surface area (Å²) in [6.45, 7) is 0.676. The standard InChI is InChI=1S/C16H13BrO/c17-12-13-18-16-10-8-15(9-11-16)7-6-14-4-2-1-3-5-14/h1-5,8-11H,12-13H2. The van der Waals surface area contributed by atoms with Crippen LogP contribution in [0.25, 0.3) is 0 Å². The fraction of sp³-hybridized carbons (Fsp3) is 0.125. The van der Waals surface area contributed by atoms with Gasteiger partial charge >= 0.3 is 0 Å². The maximum absolute atomic E-state index is 5.48. The highest BCUT2D eigenvalue weighted by atomic mass is 79.9. The molecule has 0 aliphatic heterocycles. The lowest BCUT2D eigenvalue weighted by Gasteiger charge is -2.02. The molecule has 2 rings (SSSR count). The maximum atomic E-state index is 5.48. The molecule has 0 unspecified atom stereocenters. The Morgan fingerprint density at radius 3 is 2.06 bits per heavy atom. The molecule has 90 valence electrons. The second-order valence-corrected chi connectivity index (χ2v) is 4.47. The van der Waals surface area contributed by atoms with Crippen LogP contribution < -0.4 is 4.74 Å². The third kappa shape index (κ3) is 3.94. The molecular weight excluding hydrogens is 288 g/mol. The summed E-state index contributed by atoms with van der Waals surface area (Å²) in [5, 5.41) is 0.836. The molecule has 0 saturated carbocycles. The van der Waals surface area contributed by atoms with Crippen molar-refractivity contribution in [2.45, 2.75) is 0 Å². The van der Waals surface area contributed by atoms with Gasteiger partial charge in [0.25, 0.3) is 0 Å². The fourth-order valence-corrected chi connectivity index (χ4v) is 1.62. The van der Waals surface area contributed by atoms with Crippen molar-refractivity contribution in [1.29, 1.82) is 0 Å². The molecule has 0 aliphatic rings. The summed E-state index contributed by atoms with van der Waals surface area (Å²) in [7, 11) is 0. The van der Waals surface area contributed by atoms with Crippen LogP contribution in [0.2, 0.25) is 0 Å². The zero-order chi connectivity index (χ0) is 12.6. The van der Waals surface area contributed by atoms with Gasteiger partial charge in [-0.15, -0.1) is 0 Å². The maximum Gasteiger partial charge on any atom is 0.119 e. The van der Waals surface area contributed by atoms with Crippen molar-refractivity contribution < 1.29 is 4.74 Å². The van der Waals surface area contributed by atoms with Crippen LogP contribution in [0.3, 0.4) is 0 Å². The first-order chi connectivity index (χ1) is 8.88. The Labute approximate surface area is 116 Å². The highest BCUT2D eigenvalue weighted by molar-refractivity contribution is 9.09. The van der Waals surface area contributed by atoms with Gasteiger partial charge in [0, 0.05) is 16.5 Å². The van der Waals surface area contributed by atoms with E-state index in [2.05, 4.69) is 27.8 Å². The minimum absolute atomic E-state index is 0.676. The summed E-state index contributed by atoms with van der Waals surface area (Å²) in [5.74, 6) is 7.13. The number of hydrogen-bond acceptors (Lipinski definition) is 1. The van der Waals surface area contributed by atoms with Gasteiger partial charge in [-0.1, -0.05) is 46.0 Å². The molecule has 0 heterocycles. The summed E-state index contributed by atoms with van der Waals surface area (Å²) < 4.78 is 5.48. The molecule has 0 N–H and O–H groups in total. The van der Waals surface area contributed by atoms with Crippen molar-refractivity contribution in [2.24, 2.45) is 0 Å². The molecule has 0 atom stereocenters. The Morgan fingerprint density at radius 2 is 1.44 bits per heavy atom. The average Bonchev–Trinajstić information content (AvgIpc) is 2.45. The molecule has 2 heteroatoms. The zero-order valence-electron chi connectivity index (χ0n) is 9.90. The van der Waals surface area contributed by atoms with Crippen molar-refractivity contribution >= 4 is 15.9 Å². The summed E-state index contributed by atoms with van der Waals surface area (Å²) in [5.41, 5.74) is 2.02. The van der Waals surface area contributed by atoms with Crippen molar-refractivity contribution in [3.8, 4) is 17.6 Å². The molecule has 0 radical (unpaired) electrons. The number of ether oxygens (including phenoxy) is 1. The second-order valence-electron chi connectivity index (χ2n) is 3.68. The van der Waals surface area contributed by atoms with E-state index in [1.54, 1.807) is 0 Å². The van der Waals surface area contributed by atoms with Crippen molar-refractivity contribution in [1.82, 2.24) is 0 Å². The van der Waals surface area contributed by atoms with Gasteiger partial charge < -0.3 is 4.74 Å². The van der Waals surface area contributed by atoms with E-state index in [-0.39, 0.29) is 0 Å². The van der Waals surface area contributed by atoms with Crippen LogP contribution in [0.5, 0.6) is 5.75 Å². The molecule has 0 bridgehead atoms. The third-order valence-electron chi connectivity index (χ3n) is 2.33. The topological polar surface area (TPSA) is 9.23 Å². The number of rotatable bonds is 3. The first kappa shape index (κ1) is 12.7. The van der Waals surface area contributed by atoms with Gasteiger partial charge in [0.05, 0.1) is 6.61 Å². The minimum atomic E-state index is 0.676. The van der Waals surface area contributed by atoms with E-state index in [1.807, 2.05) is 54.6 Å². The normalized spacial score (nSPS) is 9.39. The SMILES string of the molecule is BrCCOc1ccc(C#Cc2ccccc2)cc1. The fourth-order valence-electron chi connectivity index (χ4n) is 1.46. The molecule has 0 amide bonds. The molecule has 2 aromatic carbocycles. The quantitative estimate of drug-likeness (QED) is 0.618. The molecule has 1 nitrogen and oxygen atoms in total. The van der Waals surface area contributed by atoms with Crippen LogP contribution in [0.15, 0.2) is 54.6 Å². The Bertz CT molecular complexity index is 535. The number of benzene rings is 2. The first-order valence-corrected chi connectivity index (χ1v) is 6.86. The van der Waals surface area contributed by atoms with E-state index < -0.39 is 0 Å². The second kappa shape index (κ2) is 6.88. The highest BCUT2D eigenvalue weighted by Crippen LogP contribution is 2.11. The van der Waals surface area contributed by atoms with Crippen molar-refractivity contribution in [2.75, 3.05) is 11.9 Å². The van der Waals surface area contributed by atoms with Crippen molar-refractivity contribution in [3.63, 3.8) is 0 Å². The molecule has 0 aromatic heterocycles. The predicted molar refractivity (Wildman–Crippen MR) is 78.2 cm³/mol. The van der Waals surface area contributed by atoms with Crippen LogP contribution in [0.4, 0.5) is 0 Å². The van der Waals surface area contributed by atoms with Crippen LogP contribution >= 0.6 is 15.9 Å². The van der Waals surface area contributed by atoms with E-state index >= 15 is 0 Å². The van der Waals surface area contributed by atoms with Gasteiger partial charge in [-0.3, -0.25) is 0 Å². The average molecular weight is 301 g/mol. The largest absolute Gasteiger partial charge is 0.493 e. The molecule has 2 aromatic rings. The molecular formula is C16H13BrO. The lowest BCUT2D eigenvalue weighted by molar-refractivity contribution is 0.345. The molecule has 18 heavy (non-hydrogen) atoms. The molecule has 0 saturated heterocycles. The summed E-state index contributed by atoms with van der Waals surface area (Å²) in [6.07, 6.45) is 0. The number of halogens is 1. The van der Waals surface area contributed by atoms with Crippen LogP contribution in [0, 0.1) is 11.8 Å². The Kier molecular flexibility index (Phi) is 4.87. The van der Waals surface area contributed by atoms with Gasteiger partial charge in [0.2, 0.25) is 0 Å². The van der Waals surface area contributed by atoms with Crippen LogP contribution in [0.1, 0.15) is 11.1 Å². The van der Waals surface area contributed by atoms with Gasteiger partial charge in [-0.05, 0) is 36.4 Å². The van der Waals surface area contributed by atoms with Gasteiger partial charge in [0.15, 0.2) is 0 Å². The van der Waals surface area contributed by atoms with E-state index in [9.17, 15) is 0 Å². The predicted octanol–water partition coefficient (Wildman–Crippen LogP) is 3.86. The lowest BCUT2D eigenvalue weighted by atomic mass is 10.2. The van der Waals surface area contributed by atoms with Gasteiger partial charge in [-0.2, -0.15) is 0 Å². The van der Waals surface area contributed by atoms with Crippen LogP contribution in [-0.4, -0.2) is 11.9 Å². The minimum Gasteiger partial charge on any atom is -0.493 e. The Morgan fingerprint density at radius 1 is 0.833 bits per heavy atom.